The highest BCUT2D eigenvalue weighted by atomic mass is 16.5. The van der Waals surface area contributed by atoms with E-state index in [9.17, 15) is 24.6 Å². The number of urea groups is 1. The summed E-state index contributed by atoms with van der Waals surface area (Å²) in [6, 6.07) is 22.4. The molecule has 2 aliphatic rings. The summed E-state index contributed by atoms with van der Waals surface area (Å²) in [6.07, 6.45) is -1.92. The molecule has 2 atom stereocenters. The number of amidine groups is 1. The topological polar surface area (TPSA) is 150 Å². The van der Waals surface area contributed by atoms with Crippen LogP contribution in [0.4, 0.5) is 9.59 Å². The summed E-state index contributed by atoms with van der Waals surface area (Å²) in [5.41, 5.74) is 5.76. The number of aliphatic hydroxyl groups excluding tert-OH is 2. The minimum absolute atomic E-state index is 0.0230. The van der Waals surface area contributed by atoms with Gasteiger partial charge in [-0.2, -0.15) is 4.99 Å². The minimum atomic E-state index is -0.890. The van der Waals surface area contributed by atoms with E-state index in [4.69, 9.17) is 9.47 Å². The third-order valence-electron chi connectivity index (χ3n) is 7.54. The number of nitrogens with zero attached hydrogens (tertiary/aromatic N) is 2. The van der Waals surface area contributed by atoms with E-state index in [1.807, 2.05) is 24.3 Å². The van der Waals surface area contributed by atoms with Crippen molar-refractivity contribution in [3.05, 3.63) is 95.1 Å². The second kappa shape index (κ2) is 13.6. The second-order valence-corrected chi connectivity index (χ2v) is 10.4. The number of ether oxygens (including phenoxy) is 2. The second-order valence-electron chi connectivity index (χ2n) is 10.4. The lowest BCUT2D eigenvalue weighted by atomic mass is 9.98. The van der Waals surface area contributed by atoms with Crippen molar-refractivity contribution in [2.24, 2.45) is 4.99 Å². The van der Waals surface area contributed by atoms with Crippen molar-refractivity contribution in [3.63, 3.8) is 0 Å². The maximum absolute atomic E-state index is 12.7. The number of aliphatic hydroxyl groups is 2. The molecule has 0 aromatic heterocycles. The molecule has 11 nitrogen and oxygen atoms in total. The van der Waals surface area contributed by atoms with Crippen molar-refractivity contribution >= 4 is 23.9 Å². The maximum atomic E-state index is 12.7. The number of hydrogen-bond acceptors (Lipinski definition) is 7. The lowest BCUT2D eigenvalue weighted by Gasteiger charge is -2.27. The van der Waals surface area contributed by atoms with Gasteiger partial charge >= 0.3 is 12.1 Å². The molecule has 0 radical (unpaired) electrons. The molecule has 4 amide bonds. The predicted octanol–water partition coefficient (Wildman–Crippen LogP) is 3.40. The minimum Gasteiger partial charge on any atom is -0.449 e. The van der Waals surface area contributed by atoms with Crippen LogP contribution in [0.5, 0.6) is 0 Å². The van der Waals surface area contributed by atoms with Crippen molar-refractivity contribution in [1.82, 2.24) is 15.5 Å². The summed E-state index contributed by atoms with van der Waals surface area (Å²) in [4.78, 5) is 42.8. The van der Waals surface area contributed by atoms with Crippen LogP contribution in [0.15, 0.2) is 77.8 Å². The number of amides is 4. The molecule has 224 valence electrons. The Kier molecular flexibility index (Phi) is 9.45. The van der Waals surface area contributed by atoms with Crippen LogP contribution in [-0.4, -0.2) is 77.7 Å². The van der Waals surface area contributed by atoms with Gasteiger partial charge < -0.3 is 30.3 Å². The predicted molar refractivity (Wildman–Crippen MR) is 158 cm³/mol. The summed E-state index contributed by atoms with van der Waals surface area (Å²) in [6.45, 7) is 1.68. The monoisotopic (exact) mass is 586 g/mol. The van der Waals surface area contributed by atoms with Crippen molar-refractivity contribution in [1.29, 1.82) is 0 Å². The fourth-order valence-electron chi connectivity index (χ4n) is 5.12. The van der Waals surface area contributed by atoms with E-state index in [-0.39, 0.29) is 44.8 Å². The van der Waals surface area contributed by atoms with Crippen LogP contribution in [-0.2, 0) is 16.0 Å². The standard InChI is InChI=1S/C32H34N4O7/c1-20(38)28(17-37)43-19-36-15-14-29(35-31(36)40)34-30(39)22-12-10-21(11-13-22)16-33-32(41)42-18-27-25-8-4-2-6-23(25)24-7-3-5-9-26(24)27/h2-13,20,27-28,37-38H,14-19H2,1H3,(H,33,41)(H,34,35,39,40)/t20?,28-/m1/s1. The van der Waals surface area contributed by atoms with Gasteiger partial charge in [-0.1, -0.05) is 60.7 Å². The molecular weight excluding hydrogens is 552 g/mol. The van der Waals surface area contributed by atoms with Gasteiger partial charge in [0.15, 0.2) is 0 Å². The first-order valence-corrected chi connectivity index (χ1v) is 14.1. The van der Waals surface area contributed by atoms with Gasteiger partial charge in [0.2, 0.25) is 0 Å². The van der Waals surface area contributed by atoms with Crippen molar-refractivity contribution in [3.8, 4) is 11.1 Å². The number of fused-ring (bicyclic) bond motifs is 3. The fraction of sp³-hybridized carbons (Fsp3) is 0.312. The largest absolute Gasteiger partial charge is 0.449 e. The molecule has 43 heavy (non-hydrogen) atoms. The van der Waals surface area contributed by atoms with Gasteiger partial charge in [0.1, 0.15) is 25.3 Å². The molecule has 3 aromatic carbocycles. The van der Waals surface area contributed by atoms with Gasteiger partial charge in [-0.3, -0.25) is 9.69 Å². The molecule has 1 aliphatic carbocycles. The lowest BCUT2D eigenvalue weighted by molar-refractivity contribution is -0.0828. The van der Waals surface area contributed by atoms with Crippen molar-refractivity contribution < 1.29 is 34.1 Å². The Hall–Kier alpha value is -4.58. The van der Waals surface area contributed by atoms with E-state index in [2.05, 4.69) is 39.9 Å². The third kappa shape index (κ3) is 7.08. The first kappa shape index (κ1) is 29.9. The van der Waals surface area contributed by atoms with Crippen molar-refractivity contribution in [2.75, 3.05) is 26.5 Å². The van der Waals surface area contributed by atoms with Crippen LogP contribution < -0.4 is 10.6 Å². The molecule has 1 aliphatic heterocycles. The van der Waals surface area contributed by atoms with Gasteiger partial charge in [0.25, 0.3) is 5.91 Å². The number of carbonyl (C=O) groups excluding carboxylic acids is 3. The first-order chi connectivity index (χ1) is 20.8. The molecule has 3 aromatic rings. The molecular formula is C32H34N4O7. The van der Waals surface area contributed by atoms with Crippen molar-refractivity contribution in [2.45, 2.75) is 38.0 Å². The summed E-state index contributed by atoms with van der Waals surface area (Å²) in [5.74, 6) is -0.201. The number of alkyl carbamates (subject to hydrolysis) is 1. The van der Waals surface area contributed by atoms with Crippen LogP contribution in [0, 0.1) is 0 Å². The highest BCUT2D eigenvalue weighted by molar-refractivity contribution is 6.09. The zero-order valence-electron chi connectivity index (χ0n) is 23.7. The Morgan fingerprint density at radius 3 is 2.28 bits per heavy atom. The number of hydrogen-bond donors (Lipinski definition) is 4. The van der Waals surface area contributed by atoms with Crippen LogP contribution >= 0.6 is 0 Å². The van der Waals surface area contributed by atoms with Gasteiger partial charge in [0.05, 0.1) is 12.7 Å². The SMILES string of the molecule is CC(O)[C@@H](CO)OCN1CCC(NC(=O)c2ccc(CNC(=O)OCC3c4ccccc4-c4ccccc43)cc2)=NC1=O. The van der Waals surface area contributed by atoms with Crippen LogP contribution in [0.2, 0.25) is 0 Å². The Morgan fingerprint density at radius 2 is 1.67 bits per heavy atom. The summed E-state index contributed by atoms with van der Waals surface area (Å²) in [5, 5.41) is 24.2. The highest BCUT2D eigenvalue weighted by Crippen LogP contribution is 2.44. The molecule has 0 saturated carbocycles. The van der Waals surface area contributed by atoms with E-state index in [1.165, 1.54) is 11.8 Å². The Bertz CT molecular complexity index is 1460. The van der Waals surface area contributed by atoms with Gasteiger partial charge in [-0.05, 0) is 46.9 Å². The lowest BCUT2D eigenvalue weighted by Crippen LogP contribution is -2.44. The molecule has 1 unspecified atom stereocenters. The normalized spacial score (nSPS) is 15.7. The third-order valence-corrected chi connectivity index (χ3v) is 7.54. The Labute approximate surface area is 249 Å². The Balaban J connectivity index is 1.08. The van der Waals surface area contributed by atoms with Gasteiger partial charge in [-0.15, -0.1) is 0 Å². The number of nitrogens with one attached hydrogen (secondary N) is 2. The molecule has 0 saturated heterocycles. The number of rotatable bonds is 10. The average Bonchev–Trinajstić information content (AvgIpc) is 3.34. The van der Waals surface area contributed by atoms with E-state index >= 15 is 0 Å². The number of aliphatic imine (C=N–C) groups is 1. The zero-order chi connectivity index (χ0) is 30.3. The molecule has 0 bridgehead atoms. The van der Waals surface area contributed by atoms with Crippen LogP contribution in [0.3, 0.4) is 0 Å². The number of carbonyl (C=O) groups is 3. The van der Waals surface area contributed by atoms with Gasteiger partial charge in [0, 0.05) is 31.0 Å². The average molecular weight is 587 g/mol. The maximum Gasteiger partial charge on any atom is 0.407 e. The smallest absolute Gasteiger partial charge is 0.407 e. The van der Waals surface area contributed by atoms with E-state index in [1.54, 1.807) is 24.3 Å². The van der Waals surface area contributed by atoms with E-state index in [0.717, 1.165) is 27.8 Å². The van der Waals surface area contributed by atoms with Crippen LogP contribution in [0.1, 0.15) is 46.3 Å². The summed E-state index contributed by atoms with van der Waals surface area (Å²) >= 11 is 0. The van der Waals surface area contributed by atoms with Crippen LogP contribution in [0.25, 0.3) is 11.1 Å². The first-order valence-electron chi connectivity index (χ1n) is 14.1. The summed E-state index contributed by atoms with van der Waals surface area (Å²) in [7, 11) is 0. The quantitative estimate of drug-likeness (QED) is 0.284. The number of benzene rings is 3. The zero-order valence-corrected chi connectivity index (χ0v) is 23.7. The van der Waals surface area contributed by atoms with Gasteiger partial charge in [-0.25, -0.2) is 9.59 Å². The van der Waals surface area contributed by atoms with E-state index < -0.39 is 30.2 Å². The Morgan fingerprint density at radius 1 is 1.02 bits per heavy atom. The molecule has 4 N–H and O–H groups in total. The molecule has 0 spiro atoms. The summed E-state index contributed by atoms with van der Waals surface area (Å²) < 4.78 is 10.9. The molecule has 11 heteroatoms. The molecule has 1 heterocycles. The highest BCUT2D eigenvalue weighted by Gasteiger charge is 2.29. The molecule has 0 fully saturated rings. The fourth-order valence-corrected chi connectivity index (χ4v) is 5.12. The van der Waals surface area contributed by atoms with E-state index in [0.29, 0.717) is 12.0 Å². The molecule has 5 rings (SSSR count).